The first-order valence-electron chi connectivity index (χ1n) is 7.35. The van der Waals surface area contributed by atoms with Gasteiger partial charge in [0.25, 0.3) is 0 Å². The van der Waals surface area contributed by atoms with Gasteiger partial charge in [-0.1, -0.05) is 25.1 Å². The van der Waals surface area contributed by atoms with Crippen LogP contribution in [-0.2, 0) is 6.42 Å². The molecule has 0 saturated heterocycles. The Labute approximate surface area is 123 Å². The zero-order valence-corrected chi connectivity index (χ0v) is 12.5. The Balaban J connectivity index is 1.99. The molecule has 1 heterocycles. The Morgan fingerprint density at radius 3 is 3.00 bits per heavy atom. The first-order valence-corrected chi connectivity index (χ1v) is 8.23. The fourth-order valence-electron chi connectivity index (χ4n) is 3.28. The molecule has 2 unspecified atom stereocenters. The van der Waals surface area contributed by atoms with Crippen LogP contribution in [0.25, 0.3) is 0 Å². The summed E-state index contributed by atoms with van der Waals surface area (Å²) in [6.07, 6.45) is 3.52. The van der Waals surface area contributed by atoms with E-state index < -0.39 is 0 Å². The maximum Gasteiger partial charge on any atom is 0.128 e. The van der Waals surface area contributed by atoms with Crippen LogP contribution in [0, 0.1) is 5.82 Å². The summed E-state index contributed by atoms with van der Waals surface area (Å²) in [6.45, 7) is 2.94. The second-order valence-electron chi connectivity index (χ2n) is 5.35. The Morgan fingerprint density at radius 1 is 1.35 bits per heavy atom. The van der Waals surface area contributed by atoms with Gasteiger partial charge >= 0.3 is 0 Å². The first kappa shape index (κ1) is 13.8. The molecule has 1 aromatic carbocycles. The number of rotatable bonds is 4. The molecule has 1 aliphatic carbocycles. The van der Waals surface area contributed by atoms with Crippen LogP contribution in [-0.4, -0.2) is 6.54 Å². The van der Waals surface area contributed by atoms with Crippen LogP contribution in [0.15, 0.2) is 35.7 Å². The molecule has 2 aromatic rings. The van der Waals surface area contributed by atoms with E-state index in [4.69, 9.17) is 0 Å². The van der Waals surface area contributed by atoms with E-state index in [0.29, 0.717) is 5.92 Å². The average molecular weight is 289 g/mol. The minimum absolute atomic E-state index is 0.0786. The van der Waals surface area contributed by atoms with E-state index in [9.17, 15) is 4.39 Å². The zero-order chi connectivity index (χ0) is 13.9. The number of fused-ring (bicyclic) bond motifs is 1. The average Bonchev–Trinajstić information content (AvgIpc) is 2.94. The fraction of sp³-hybridized carbons (Fsp3) is 0.412. The summed E-state index contributed by atoms with van der Waals surface area (Å²) in [4.78, 5) is 1.49. The third-order valence-electron chi connectivity index (χ3n) is 4.17. The van der Waals surface area contributed by atoms with Gasteiger partial charge in [0.1, 0.15) is 5.82 Å². The zero-order valence-electron chi connectivity index (χ0n) is 11.7. The lowest BCUT2D eigenvalue weighted by atomic mass is 9.79. The van der Waals surface area contributed by atoms with Gasteiger partial charge in [-0.15, -0.1) is 11.3 Å². The van der Waals surface area contributed by atoms with Crippen LogP contribution in [0.4, 0.5) is 4.39 Å². The minimum atomic E-state index is -0.0965. The maximum absolute atomic E-state index is 14.2. The van der Waals surface area contributed by atoms with Crippen molar-refractivity contribution in [3.05, 3.63) is 57.5 Å². The molecule has 0 saturated carbocycles. The lowest BCUT2D eigenvalue weighted by Gasteiger charge is -2.32. The van der Waals surface area contributed by atoms with Crippen molar-refractivity contribution in [1.82, 2.24) is 5.32 Å². The summed E-state index contributed by atoms with van der Waals surface area (Å²) in [6, 6.07) is 9.49. The van der Waals surface area contributed by atoms with Gasteiger partial charge < -0.3 is 5.32 Å². The Bertz CT molecular complexity index is 578. The van der Waals surface area contributed by atoms with Crippen LogP contribution in [0.1, 0.15) is 47.7 Å². The highest BCUT2D eigenvalue weighted by atomic mass is 32.1. The normalized spacial score (nSPS) is 19.6. The van der Waals surface area contributed by atoms with E-state index in [-0.39, 0.29) is 11.9 Å². The van der Waals surface area contributed by atoms with E-state index in [1.54, 1.807) is 12.1 Å². The van der Waals surface area contributed by atoms with Crippen molar-refractivity contribution in [3.63, 3.8) is 0 Å². The number of halogens is 1. The predicted octanol–water partition coefficient (Wildman–Crippen LogP) is 4.66. The summed E-state index contributed by atoms with van der Waals surface area (Å²) in [5, 5.41) is 5.68. The number of likely N-dealkylation sites (N-methyl/N-ethyl adjacent to an activating group) is 1. The quantitative estimate of drug-likeness (QED) is 0.863. The molecule has 1 aliphatic rings. The second kappa shape index (κ2) is 6.06. The molecule has 20 heavy (non-hydrogen) atoms. The Kier molecular flexibility index (Phi) is 4.18. The number of aryl methyl sites for hydroxylation is 1. The van der Waals surface area contributed by atoms with Crippen LogP contribution < -0.4 is 5.32 Å². The molecule has 0 aliphatic heterocycles. The first-order chi connectivity index (χ1) is 9.81. The number of hydrogen-bond donors (Lipinski definition) is 1. The van der Waals surface area contributed by atoms with Gasteiger partial charge in [-0.25, -0.2) is 4.39 Å². The largest absolute Gasteiger partial charge is 0.310 e. The Morgan fingerprint density at radius 2 is 2.20 bits per heavy atom. The van der Waals surface area contributed by atoms with Gasteiger partial charge in [-0.3, -0.25) is 0 Å². The molecule has 3 heteroatoms. The number of hydrogen-bond acceptors (Lipinski definition) is 2. The van der Waals surface area contributed by atoms with Crippen molar-refractivity contribution in [3.8, 4) is 0 Å². The van der Waals surface area contributed by atoms with Crippen LogP contribution >= 0.6 is 11.3 Å². The van der Waals surface area contributed by atoms with Gasteiger partial charge in [0.05, 0.1) is 0 Å². The SMILES string of the molecule is CCNC(c1ccccc1F)C1CCCc2sccc21. The molecule has 0 spiro atoms. The number of benzene rings is 1. The van der Waals surface area contributed by atoms with Gasteiger partial charge in [-0.2, -0.15) is 0 Å². The molecular formula is C17H20FNS. The Hall–Kier alpha value is -1.19. The maximum atomic E-state index is 14.2. The lowest BCUT2D eigenvalue weighted by Crippen LogP contribution is -2.29. The number of thiophene rings is 1. The molecule has 0 radical (unpaired) electrons. The predicted molar refractivity (Wildman–Crippen MR) is 82.8 cm³/mol. The van der Waals surface area contributed by atoms with E-state index in [1.807, 2.05) is 23.5 Å². The van der Waals surface area contributed by atoms with Gasteiger partial charge in [-0.05, 0) is 48.9 Å². The van der Waals surface area contributed by atoms with Crippen molar-refractivity contribution in [2.24, 2.45) is 0 Å². The topological polar surface area (TPSA) is 12.0 Å². The molecule has 0 bridgehead atoms. The molecule has 1 N–H and O–H groups in total. The molecule has 1 nitrogen and oxygen atoms in total. The highest BCUT2D eigenvalue weighted by Gasteiger charge is 2.30. The monoisotopic (exact) mass is 289 g/mol. The van der Waals surface area contributed by atoms with E-state index in [2.05, 4.69) is 23.7 Å². The smallest absolute Gasteiger partial charge is 0.128 e. The molecule has 106 valence electrons. The molecule has 0 fully saturated rings. The van der Waals surface area contributed by atoms with Crippen molar-refractivity contribution in [2.45, 2.75) is 38.1 Å². The highest BCUT2D eigenvalue weighted by Crippen LogP contribution is 2.42. The van der Waals surface area contributed by atoms with E-state index in [0.717, 1.165) is 18.5 Å². The van der Waals surface area contributed by atoms with Gasteiger partial charge in [0.15, 0.2) is 0 Å². The van der Waals surface area contributed by atoms with E-state index >= 15 is 0 Å². The third-order valence-corrected chi connectivity index (χ3v) is 5.16. The third kappa shape index (κ3) is 2.52. The van der Waals surface area contributed by atoms with Gasteiger partial charge in [0.2, 0.25) is 0 Å². The fourth-order valence-corrected chi connectivity index (χ4v) is 4.28. The van der Waals surface area contributed by atoms with Crippen molar-refractivity contribution >= 4 is 11.3 Å². The van der Waals surface area contributed by atoms with Crippen molar-refractivity contribution in [2.75, 3.05) is 6.54 Å². The van der Waals surface area contributed by atoms with Crippen molar-refractivity contribution < 1.29 is 4.39 Å². The lowest BCUT2D eigenvalue weighted by molar-refractivity contribution is 0.399. The summed E-state index contributed by atoms with van der Waals surface area (Å²) in [5.41, 5.74) is 2.23. The van der Waals surface area contributed by atoms with Crippen LogP contribution in [0.5, 0.6) is 0 Å². The molecule has 2 atom stereocenters. The standard InChI is InChI=1S/C17H20FNS/c1-2-19-17(14-6-3-4-8-15(14)18)13-7-5-9-16-12(13)10-11-20-16/h3-4,6,8,10-11,13,17,19H,2,5,7,9H2,1H3. The van der Waals surface area contributed by atoms with Crippen LogP contribution in [0.3, 0.4) is 0 Å². The summed E-state index contributed by atoms with van der Waals surface area (Å²) >= 11 is 1.84. The second-order valence-corrected chi connectivity index (χ2v) is 6.36. The molecular weight excluding hydrogens is 269 g/mol. The van der Waals surface area contributed by atoms with Crippen molar-refractivity contribution in [1.29, 1.82) is 0 Å². The van der Waals surface area contributed by atoms with Crippen LogP contribution in [0.2, 0.25) is 0 Å². The molecule has 0 amide bonds. The molecule has 3 rings (SSSR count). The summed E-state index contributed by atoms with van der Waals surface area (Å²) in [5.74, 6) is 0.294. The minimum Gasteiger partial charge on any atom is -0.310 e. The summed E-state index contributed by atoms with van der Waals surface area (Å²) < 4.78 is 14.2. The van der Waals surface area contributed by atoms with Gasteiger partial charge in [0, 0.05) is 22.4 Å². The summed E-state index contributed by atoms with van der Waals surface area (Å²) in [7, 11) is 0. The highest BCUT2D eigenvalue weighted by molar-refractivity contribution is 7.10. The molecule has 1 aromatic heterocycles. The van der Waals surface area contributed by atoms with E-state index in [1.165, 1.54) is 23.3 Å². The number of nitrogens with one attached hydrogen (secondary N) is 1.